The lowest BCUT2D eigenvalue weighted by atomic mass is 10.2. The number of hydrogen-bond acceptors (Lipinski definition) is 3. The third-order valence-electron chi connectivity index (χ3n) is 2.79. The third-order valence-corrected chi connectivity index (χ3v) is 3.03. The van der Waals surface area contributed by atoms with Gasteiger partial charge in [0.2, 0.25) is 5.91 Å². The van der Waals surface area contributed by atoms with Crippen molar-refractivity contribution in [1.29, 1.82) is 0 Å². The maximum absolute atomic E-state index is 11.5. The van der Waals surface area contributed by atoms with E-state index < -0.39 is 6.03 Å². The summed E-state index contributed by atoms with van der Waals surface area (Å²) < 4.78 is 0. The van der Waals surface area contributed by atoms with Crippen molar-refractivity contribution in [2.45, 2.75) is 25.8 Å². The van der Waals surface area contributed by atoms with Crippen molar-refractivity contribution in [2.75, 3.05) is 11.9 Å². The summed E-state index contributed by atoms with van der Waals surface area (Å²) in [7, 11) is 0. The number of halogens is 1. The van der Waals surface area contributed by atoms with E-state index in [0.29, 0.717) is 5.02 Å². The molecule has 5 nitrogen and oxygen atoms in total. The quantitative estimate of drug-likeness (QED) is 0.791. The molecule has 3 amide bonds. The highest BCUT2D eigenvalue weighted by Gasteiger charge is 2.23. The number of amides is 3. The van der Waals surface area contributed by atoms with Gasteiger partial charge in [-0.15, -0.1) is 0 Å². The number of nitrogens with one attached hydrogen (secondary N) is 3. The predicted molar refractivity (Wildman–Crippen MR) is 74.4 cm³/mol. The molecule has 0 bridgehead atoms. The summed E-state index contributed by atoms with van der Waals surface area (Å²) in [6.45, 7) is 1.94. The molecule has 1 fully saturated rings. The lowest BCUT2D eigenvalue weighted by molar-refractivity contribution is -0.118. The molecule has 0 unspecified atom stereocenters. The summed E-state index contributed by atoms with van der Waals surface area (Å²) >= 11 is 5.84. The smallest absolute Gasteiger partial charge is 0.321 e. The number of carbonyl (C=O) groups is 2. The second-order valence-corrected chi connectivity index (χ2v) is 5.05. The van der Waals surface area contributed by atoms with Crippen molar-refractivity contribution >= 4 is 29.2 Å². The number of benzene rings is 1. The SMILES string of the molecule is Cc1cc(Cl)ccc1NCC(=O)NC(=O)NC1CC1. The largest absolute Gasteiger partial charge is 0.376 e. The zero-order valence-corrected chi connectivity index (χ0v) is 11.4. The Balaban J connectivity index is 1.77. The van der Waals surface area contributed by atoms with Crippen LogP contribution in [0.25, 0.3) is 0 Å². The van der Waals surface area contributed by atoms with E-state index in [-0.39, 0.29) is 18.5 Å². The molecule has 6 heteroatoms. The number of aryl methyl sites for hydroxylation is 1. The Morgan fingerprint density at radius 3 is 2.74 bits per heavy atom. The first kappa shape index (κ1) is 13.7. The maximum atomic E-state index is 11.5. The highest BCUT2D eigenvalue weighted by Crippen LogP contribution is 2.19. The van der Waals surface area contributed by atoms with Crippen LogP contribution in [0.4, 0.5) is 10.5 Å². The van der Waals surface area contributed by atoms with Crippen LogP contribution >= 0.6 is 11.6 Å². The standard InChI is InChI=1S/C13H16ClN3O2/c1-8-6-9(14)2-5-11(8)15-7-12(18)17-13(19)16-10-3-4-10/h2,5-6,10,15H,3-4,7H2,1H3,(H2,16,17,18,19). The summed E-state index contributed by atoms with van der Waals surface area (Å²) in [5, 5.41) is 8.57. The topological polar surface area (TPSA) is 70.2 Å². The maximum Gasteiger partial charge on any atom is 0.321 e. The average molecular weight is 282 g/mol. The van der Waals surface area contributed by atoms with E-state index in [2.05, 4.69) is 16.0 Å². The second-order valence-electron chi connectivity index (χ2n) is 4.61. The molecule has 1 aromatic rings. The summed E-state index contributed by atoms with van der Waals surface area (Å²) in [4.78, 5) is 22.9. The van der Waals surface area contributed by atoms with Crippen molar-refractivity contribution < 1.29 is 9.59 Å². The van der Waals surface area contributed by atoms with Crippen LogP contribution in [0.1, 0.15) is 18.4 Å². The number of rotatable bonds is 4. The van der Waals surface area contributed by atoms with Crippen molar-refractivity contribution in [2.24, 2.45) is 0 Å². The number of anilines is 1. The summed E-state index contributed by atoms with van der Waals surface area (Å²) in [6.07, 6.45) is 1.98. The Kier molecular flexibility index (Phi) is 4.27. The minimum atomic E-state index is -0.429. The normalized spacial score (nSPS) is 13.8. The van der Waals surface area contributed by atoms with Crippen LogP contribution in [-0.2, 0) is 4.79 Å². The molecule has 3 N–H and O–H groups in total. The second kappa shape index (κ2) is 5.93. The Hall–Kier alpha value is -1.75. The first-order valence-corrected chi connectivity index (χ1v) is 6.53. The van der Waals surface area contributed by atoms with Crippen molar-refractivity contribution in [3.63, 3.8) is 0 Å². The fourth-order valence-electron chi connectivity index (χ4n) is 1.62. The molecule has 1 aromatic carbocycles. The molecule has 1 saturated carbocycles. The van der Waals surface area contributed by atoms with Gasteiger partial charge in [-0.1, -0.05) is 11.6 Å². The van der Waals surface area contributed by atoms with Crippen molar-refractivity contribution in [3.05, 3.63) is 28.8 Å². The van der Waals surface area contributed by atoms with E-state index in [9.17, 15) is 9.59 Å². The van der Waals surface area contributed by atoms with Crippen LogP contribution in [0.15, 0.2) is 18.2 Å². The molecular weight excluding hydrogens is 266 g/mol. The molecule has 0 heterocycles. The van der Waals surface area contributed by atoms with Crippen molar-refractivity contribution in [3.8, 4) is 0 Å². The van der Waals surface area contributed by atoms with Crippen molar-refractivity contribution in [1.82, 2.24) is 10.6 Å². The number of imide groups is 1. The van der Waals surface area contributed by atoms with E-state index in [1.54, 1.807) is 12.1 Å². The van der Waals surface area contributed by atoms with Crippen LogP contribution in [0.3, 0.4) is 0 Å². The number of hydrogen-bond donors (Lipinski definition) is 3. The lowest BCUT2D eigenvalue weighted by Gasteiger charge is -2.10. The molecule has 1 aliphatic carbocycles. The van der Waals surface area contributed by atoms with Gasteiger partial charge in [0, 0.05) is 16.8 Å². The van der Waals surface area contributed by atoms with Crippen LogP contribution in [0, 0.1) is 6.92 Å². The van der Waals surface area contributed by atoms with Gasteiger partial charge >= 0.3 is 6.03 Å². The zero-order chi connectivity index (χ0) is 13.8. The van der Waals surface area contributed by atoms with E-state index in [1.807, 2.05) is 13.0 Å². The van der Waals surface area contributed by atoms with Crippen LogP contribution < -0.4 is 16.0 Å². The molecule has 102 valence electrons. The molecule has 19 heavy (non-hydrogen) atoms. The van der Waals surface area contributed by atoms with Gasteiger partial charge in [0.25, 0.3) is 0 Å². The number of carbonyl (C=O) groups excluding carboxylic acids is 2. The summed E-state index contributed by atoms with van der Waals surface area (Å²) in [5.41, 5.74) is 1.77. The van der Waals surface area contributed by atoms with Gasteiger partial charge in [-0.05, 0) is 43.5 Å². The molecule has 0 aromatic heterocycles. The first-order valence-electron chi connectivity index (χ1n) is 6.15. The van der Waals surface area contributed by atoms with E-state index in [0.717, 1.165) is 24.1 Å². The molecule has 1 aliphatic rings. The van der Waals surface area contributed by atoms with Gasteiger partial charge < -0.3 is 10.6 Å². The van der Waals surface area contributed by atoms with Crippen LogP contribution in [0.5, 0.6) is 0 Å². The number of urea groups is 1. The summed E-state index contributed by atoms with van der Waals surface area (Å²) in [5.74, 6) is -0.368. The lowest BCUT2D eigenvalue weighted by Crippen LogP contribution is -2.42. The van der Waals surface area contributed by atoms with Gasteiger partial charge in [0.05, 0.1) is 6.54 Å². The van der Waals surface area contributed by atoms with E-state index in [4.69, 9.17) is 11.6 Å². The molecule has 0 atom stereocenters. The van der Waals surface area contributed by atoms with E-state index in [1.165, 1.54) is 0 Å². The van der Waals surface area contributed by atoms with Gasteiger partial charge in [0.15, 0.2) is 0 Å². The molecule has 0 saturated heterocycles. The molecule has 2 rings (SSSR count). The Morgan fingerprint density at radius 2 is 2.11 bits per heavy atom. The zero-order valence-electron chi connectivity index (χ0n) is 10.6. The van der Waals surface area contributed by atoms with Gasteiger partial charge in [-0.25, -0.2) is 4.79 Å². The van der Waals surface area contributed by atoms with Gasteiger partial charge in [-0.2, -0.15) is 0 Å². The molecule has 0 spiro atoms. The fraction of sp³-hybridized carbons (Fsp3) is 0.385. The Morgan fingerprint density at radius 1 is 1.37 bits per heavy atom. The minimum Gasteiger partial charge on any atom is -0.376 e. The van der Waals surface area contributed by atoms with Crippen LogP contribution in [-0.4, -0.2) is 24.5 Å². The first-order chi connectivity index (χ1) is 9.04. The third kappa shape index (κ3) is 4.44. The van der Waals surface area contributed by atoms with Crippen LogP contribution in [0.2, 0.25) is 5.02 Å². The fourth-order valence-corrected chi connectivity index (χ4v) is 1.85. The highest BCUT2D eigenvalue weighted by molar-refractivity contribution is 6.30. The highest BCUT2D eigenvalue weighted by atomic mass is 35.5. The minimum absolute atomic E-state index is 0.0422. The molecule has 0 radical (unpaired) electrons. The van der Waals surface area contributed by atoms with Gasteiger partial charge in [0.1, 0.15) is 0 Å². The van der Waals surface area contributed by atoms with E-state index >= 15 is 0 Å². The molecular formula is C13H16ClN3O2. The monoisotopic (exact) mass is 281 g/mol. The van der Waals surface area contributed by atoms with Gasteiger partial charge in [-0.3, -0.25) is 10.1 Å². The Labute approximate surface area is 116 Å². The average Bonchev–Trinajstić information content (AvgIpc) is 3.11. The predicted octanol–water partition coefficient (Wildman–Crippen LogP) is 2.05. The summed E-state index contributed by atoms with van der Waals surface area (Å²) in [6, 6.07) is 5.16. The Bertz CT molecular complexity index is 501. The molecule has 0 aliphatic heterocycles.